The van der Waals surface area contributed by atoms with Gasteiger partial charge in [0.1, 0.15) is 23.2 Å². The van der Waals surface area contributed by atoms with E-state index >= 15 is 0 Å². The first-order chi connectivity index (χ1) is 19.3. The van der Waals surface area contributed by atoms with Crippen molar-refractivity contribution in [2.45, 2.75) is 51.1 Å². The Labute approximate surface area is 231 Å². The van der Waals surface area contributed by atoms with Crippen LogP contribution in [-0.2, 0) is 6.54 Å². The predicted molar refractivity (Wildman–Crippen MR) is 146 cm³/mol. The summed E-state index contributed by atoms with van der Waals surface area (Å²) >= 11 is 0. The highest BCUT2D eigenvalue weighted by Crippen LogP contribution is 2.60. The fraction of sp³-hybridized carbons (Fsp3) is 0.433. The van der Waals surface area contributed by atoms with Crippen LogP contribution in [0.25, 0.3) is 0 Å². The Morgan fingerprint density at radius 3 is 2.42 bits per heavy atom. The van der Waals surface area contributed by atoms with Crippen LogP contribution in [0.3, 0.4) is 0 Å². The molecular formula is C30H31F3N6O. The molecule has 7 rings (SSSR count). The summed E-state index contributed by atoms with van der Waals surface area (Å²) in [6.07, 6.45) is 2.61. The van der Waals surface area contributed by atoms with Crippen molar-refractivity contribution in [1.29, 1.82) is 5.26 Å². The molecule has 1 unspecified atom stereocenters. The number of alkyl halides is 3. The lowest BCUT2D eigenvalue weighted by Gasteiger charge is -2.60. The number of nitrogens with one attached hydrogen (secondary N) is 3. The molecule has 1 aromatic heterocycles. The minimum Gasteiger partial charge on any atom is -0.405 e. The van der Waals surface area contributed by atoms with E-state index in [2.05, 4.69) is 61.0 Å². The van der Waals surface area contributed by atoms with E-state index in [1.54, 1.807) is 12.1 Å². The maximum Gasteiger partial charge on any atom is 0.573 e. The molecule has 1 heterocycles. The summed E-state index contributed by atoms with van der Waals surface area (Å²) in [4.78, 5) is 8.72. The molecule has 4 bridgehead atoms. The summed E-state index contributed by atoms with van der Waals surface area (Å²) in [5.41, 5.74) is 1.98. The molecule has 5 atom stereocenters. The van der Waals surface area contributed by atoms with E-state index in [4.69, 9.17) is 0 Å². The lowest BCUT2D eigenvalue weighted by Crippen LogP contribution is -2.57. The van der Waals surface area contributed by atoms with E-state index in [-0.39, 0.29) is 23.7 Å². The van der Waals surface area contributed by atoms with Crippen molar-refractivity contribution in [2.24, 2.45) is 23.2 Å². The number of nitrogens with zero attached hydrogens (tertiary/aromatic N) is 3. The average molecular weight is 549 g/mol. The molecule has 2 aromatic carbocycles. The van der Waals surface area contributed by atoms with Crippen LogP contribution in [0.4, 0.5) is 30.6 Å². The minimum absolute atomic E-state index is 0.0301. The van der Waals surface area contributed by atoms with Gasteiger partial charge >= 0.3 is 6.36 Å². The highest BCUT2D eigenvalue weighted by Gasteiger charge is 2.55. The van der Waals surface area contributed by atoms with Crippen LogP contribution in [0.15, 0.2) is 60.8 Å². The Kier molecular flexibility index (Phi) is 6.90. The topological polar surface area (TPSA) is 94.9 Å². The number of para-hydroxylation sites is 2. The average Bonchev–Trinajstić information content (AvgIpc) is 2.93. The number of nitriles is 1. The third kappa shape index (κ3) is 5.64. The number of ether oxygens (including phenoxy) is 1. The van der Waals surface area contributed by atoms with Crippen LogP contribution < -0.4 is 20.7 Å². The first-order valence-electron chi connectivity index (χ1n) is 13.7. The summed E-state index contributed by atoms with van der Waals surface area (Å²) in [7, 11) is 0. The quantitative estimate of drug-likeness (QED) is 0.278. The molecule has 4 fully saturated rings. The maximum absolute atomic E-state index is 12.8. The number of hydrogen-bond acceptors (Lipinski definition) is 7. The van der Waals surface area contributed by atoms with Gasteiger partial charge in [0.25, 0.3) is 0 Å². The number of halogens is 3. The van der Waals surface area contributed by atoms with Crippen LogP contribution in [0.5, 0.6) is 5.75 Å². The number of hydrogen-bond donors (Lipinski definition) is 3. The Balaban J connectivity index is 1.13. The van der Waals surface area contributed by atoms with E-state index < -0.39 is 6.36 Å². The molecule has 0 amide bonds. The molecule has 208 valence electrons. The van der Waals surface area contributed by atoms with Gasteiger partial charge in [-0.1, -0.05) is 36.4 Å². The first-order valence-corrected chi connectivity index (χ1v) is 13.7. The van der Waals surface area contributed by atoms with Gasteiger partial charge in [-0.05, 0) is 73.5 Å². The number of rotatable bonds is 9. The molecule has 3 aromatic rings. The lowest BCUT2D eigenvalue weighted by atomic mass is 9.48. The summed E-state index contributed by atoms with van der Waals surface area (Å²) in [5, 5.41) is 19.9. The van der Waals surface area contributed by atoms with Crippen LogP contribution in [0.2, 0.25) is 0 Å². The van der Waals surface area contributed by atoms with E-state index in [0.717, 1.165) is 25.3 Å². The molecule has 4 saturated carbocycles. The molecule has 4 aliphatic carbocycles. The molecule has 10 heteroatoms. The van der Waals surface area contributed by atoms with Crippen LogP contribution in [0.1, 0.15) is 43.2 Å². The van der Waals surface area contributed by atoms with Crippen LogP contribution in [-0.4, -0.2) is 28.9 Å². The van der Waals surface area contributed by atoms with Crippen LogP contribution >= 0.6 is 0 Å². The molecular weight excluding hydrogens is 517 g/mol. The van der Waals surface area contributed by atoms with Crippen molar-refractivity contribution in [3.05, 3.63) is 71.9 Å². The van der Waals surface area contributed by atoms with Gasteiger partial charge in [-0.25, -0.2) is 4.98 Å². The predicted octanol–water partition coefficient (Wildman–Crippen LogP) is 6.58. The van der Waals surface area contributed by atoms with Gasteiger partial charge in [-0.15, -0.1) is 13.2 Å². The largest absolute Gasteiger partial charge is 0.573 e. The second-order valence-electron chi connectivity index (χ2n) is 11.4. The van der Waals surface area contributed by atoms with Crippen molar-refractivity contribution in [3.63, 3.8) is 0 Å². The molecule has 3 N–H and O–H groups in total. The Bertz CT molecular complexity index is 1380. The third-order valence-electron chi connectivity index (χ3n) is 8.68. The molecule has 4 aliphatic rings. The van der Waals surface area contributed by atoms with E-state index in [1.807, 2.05) is 6.07 Å². The van der Waals surface area contributed by atoms with Gasteiger partial charge < -0.3 is 20.7 Å². The number of anilines is 3. The minimum atomic E-state index is -4.78. The first kappa shape index (κ1) is 26.2. The second-order valence-corrected chi connectivity index (χ2v) is 11.4. The molecule has 0 aliphatic heterocycles. The number of benzene rings is 2. The van der Waals surface area contributed by atoms with Gasteiger partial charge in [0.2, 0.25) is 5.95 Å². The van der Waals surface area contributed by atoms with Crippen molar-refractivity contribution < 1.29 is 17.9 Å². The lowest BCUT2D eigenvalue weighted by molar-refractivity contribution is -0.274. The summed E-state index contributed by atoms with van der Waals surface area (Å²) in [5.74, 6) is 2.34. The van der Waals surface area contributed by atoms with Gasteiger partial charge in [0, 0.05) is 30.4 Å². The normalized spacial score (nSPS) is 26.6. The fourth-order valence-electron chi connectivity index (χ4n) is 7.37. The van der Waals surface area contributed by atoms with E-state index in [9.17, 15) is 18.4 Å². The SMILES string of the molecule is N#Cc1cnc(NCc2ccccc2OC(F)(F)F)nc1NC[C@]12CC3C[C@H](C1)[C@H](Nc1ccccc1)[C@@H](C3)C2. The third-order valence-corrected chi connectivity index (χ3v) is 8.68. The molecule has 0 spiro atoms. The van der Waals surface area contributed by atoms with E-state index in [0.29, 0.717) is 34.8 Å². The zero-order valence-electron chi connectivity index (χ0n) is 21.9. The smallest absolute Gasteiger partial charge is 0.405 e. The second kappa shape index (κ2) is 10.5. The summed E-state index contributed by atoms with van der Waals surface area (Å²) in [6, 6.07) is 19.0. The highest BCUT2D eigenvalue weighted by atomic mass is 19.4. The fourth-order valence-corrected chi connectivity index (χ4v) is 7.37. The zero-order valence-corrected chi connectivity index (χ0v) is 21.9. The van der Waals surface area contributed by atoms with Crippen molar-refractivity contribution >= 4 is 17.5 Å². The molecule has 0 saturated heterocycles. The van der Waals surface area contributed by atoms with Crippen molar-refractivity contribution in [3.8, 4) is 11.8 Å². The summed E-state index contributed by atoms with van der Waals surface area (Å²) < 4.78 is 42.5. The molecule has 7 nitrogen and oxygen atoms in total. The summed E-state index contributed by atoms with van der Waals surface area (Å²) in [6.45, 7) is 0.754. The van der Waals surface area contributed by atoms with Gasteiger partial charge in [-0.3, -0.25) is 0 Å². The Morgan fingerprint density at radius 2 is 1.70 bits per heavy atom. The van der Waals surface area contributed by atoms with E-state index in [1.165, 1.54) is 43.3 Å². The maximum atomic E-state index is 12.8. The highest BCUT2D eigenvalue weighted by molar-refractivity contribution is 5.54. The van der Waals surface area contributed by atoms with Crippen molar-refractivity contribution in [1.82, 2.24) is 9.97 Å². The zero-order chi connectivity index (χ0) is 27.7. The number of aromatic nitrogens is 2. The molecule has 0 radical (unpaired) electrons. The van der Waals surface area contributed by atoms with Gasteiger partial charge in [0.05, 0.1) is 6.20 Å². The standard InChI is InChI=1S/C30H31F3N6O/c31-30(32,33)40-25-9-5-4-6-20(25)16-35-28-36-17-23(15-34)27(39-28)37-18-29-12-19-10-21(13-29)26(22(11-19)14-29)38-24-7-2-1-3-8-24/h1-9,17,19,21-22,26,38H,10-14,16,18H2,(H2,35,36,37,39)/t19?,21-,22+,26+,29-. The molecule has 40 heavy (non-hydrogen) atoms. The Morgan fingerprint density at radius 1 is 0.975 bits per heavy atom. The van der Waals surface area contributed by atoms with Gasteiger partial charge in [0.15, 0.2) is 0 Å². The monoisotopic (exact) mass is 548 g/mol. The van der Waals surface area contributed by atoms with Crippen molar-refractivity contribution in [2.75, 3.05) is 22.5 Å². The Hall–Kier alpha value is -4.00. The van der Waals surface area contributed by atoms with Gasteiger partial charge in [-0.2, -0.15) is 10.2 Å². The van der Waals surface area contributed by atoms with Crippen LogP contribution in [0, 0.1) is 34.5 Å².